The highest BCUT2D eigenvalue weighted by atomic mass is 32.2. The number of carbonyl (C=O) groups excluding carboxylic acids is 3. The van der Waals surface area contributed by atoms with Gasteiger partial charge in [-0.15, -0.1) is 11.8 Å². The minimum absolute atomic E-state index is 0.000579. The van der Waals surface area contributed by atoms with Gasteiger partial charge >= 0.3 is 5.97 Å². The zero-order chi connectivity index (χ0) is 26.6. The summed E-state index contributed by atoms with van der Waals surface area (Å²) in [6, 6.07) is -1.30. The Hall–Kier alpha value is -1.80. The van der Waals surface area contributed by atoms with Crippen LogP contribution in [0.5, 0.6) is 0 Å². The highest BCUT2D eigenvalue weighted by Gasteiger charge is 2.72. The second-order valence-corrected chi connectivity index (χ2v) is 14.2. The quantitative estimate of drug-likeness (QED) is 0.428. The first kappa shape index (κ1) is 27.2. The third-order valence-electron chi connectivity index (χ3n) is 8.39. The van der Waals surface area contributed by atoms with Crippen LogP contribution < -0.4 is 0 Å². The van der Waals surface area contributed by atoms with Crippen molar-refractivity contribution in [3.8, 4) is 0 Å². The van der Waals surface area contributed by atoms with Gasteiger partial charge in [0.15, 0.2) is 0 Å². The largest absolute Gasteiger partial charge is 0.461 e. The van der Waals surface area contributed by atoms with E-state index >= 15 is 0 Å². The number of amides is 2. The van der Waals surface area contributed by atoms with E-state index < -0.39 is 34.2 Å². The van der Waals surface area contributed by atoms with Crippen molar-refractivity contribution in [2.24, 2.45) is 23.2 Å². The van der Waals surface area contributed by atoms with Crippen LogP contribution in [0.2, 0.25) is 0 Å². The Morgan fingerprint density at radius 1 is 1.17 bits per heavy atom. The number of aliphatic hydroxyl groups excluding tert-OH is 1. The molecule has 2 amide bonds. The summed E-state index contributed by atoms with van der Waals surface area (Å²) in [6.07, 6.45) is 9.38. The summed E-state index contributed by atoms with van der Waals surface area (Å²) < 4.78 is 4.56. The molecule has 0 aromatic heterocycles. The predicted octanol–water partition coefficient (Wildman–Crippen LogP) is 3.42. The molecule has 2 fully saturated rings. The summed E-state index contributed by atoms with van der Waals surface area (Å²) in [5.74, 6) is -2.08. The van der Waals surface area contributed by atoms with Crippen LogP contribution in [0, 0.1) is 23.2 Å². The number of thioether (sulfide) groups is 1. The molecule has 2 saturated heterocycles. The molecule has 0 saturated carbocycles. The Morgan fingerprint density at radius 3 is 2.47 bits per heavy atom. The zero-order valence-corrected chi connectivity index (χ0v) is 23.5. The number of carbonyl (C=O) groups is 3. The molecular weight excluding hydrogens is 476 g/mol. The third kappa shape index (κ3) is 4.32. The fourth-order valence-corrected chi connectivity index (χ4v) is 9.01. The van der Waals surface area contributed by atoms with E-state index in [0.29, 0.717) is 6.54 Å². The van der Waals surface area contributed by atoms with Crippen LogP contribution in [-0.2, 0) is 19.1 Å². The van der Waals surface area contributed by atoms with Crippen molar-refractivity contribution in [2.75, 3.05) is 19.8 Å². The first-order chi connectivity index (χ1) is 16.8. The summed E-state index contributed by atoms with van der Waals surface area (Å²) >= 11 is 1.55. The predicted molar refractivity (Wildman–Crippen MR) is 141 cm³/mol. The highest BCUT2D eigenvalue weighted by Crippen LogP contribution is 2.61. The van der Waals surface area contributed by atoms with Gasteiger partial charge in [0.2, 0.25) is 11.8 Å². The van der Waals surface area contributed by atoms with E-state index in [4.69, 9.17) is 4.74 Å². The Morgan fingerprint density at radius 2 is 1.86 bits per heavy atom. The van der Waals surface area contributed by atoms with Gasteiger partial charge in [0.25, 0.3) is 0 Å². The molecule has 1 spiro atoms. The van der Waals surface area contributed by atoms with E-state index in [1.165, 1.54) is 0 Å². The van der Waals surface area contributed by atoms with Crippen LogP contribution in [0.1, 0.15) is 61.3 Å². The molecule has 7 nitrogen and oxygen atoms in total. The summed E-state index contributed by atoms with van der Waals surface area (Å²) in [6.45, 7) is 15.1. The smallest absolute Gasteiger partial charge is 0.311 e. The standard InChI is InChI=1S/C28H42N2O5S/c1-8-17(2)18(15-31)30-22-24(33)29(27(6,7)16-26(3,4)5)13-10-12-28(22)21(23(30)32)20-19(36-28)11-9-14-35-25(20)34/h9-12,17-22,31H,8,13-16H2,1-7H3/t17-,18-,19+,20-,21-,22?,28-/m0/s1. The highest BCUT2D eigenvalue weighted by molar-refractivity contribution is 8.02. The molecule has 200 valence electrons. The van der Waals surface area contributed by atoms with Gasteiger partial charge in [-0.3, -0.25) is 14.4 Å². The number of likely N-dealkylation sites (tertiary alicyclic amines) is 1. The molecule has 0 radical (unpaired) electrons. The number of aliphatic hydroxyl groups is 1. The molecule has 0 aliphatic carbocycles. The third-order valence-corrected chi connectivity index (χ3v) is 10.1. The van der Waals surface area contributed by atoms with E-state index in [2.05, 4.69) is 34.6 Å². The van der Waals surface area contributed by atoms with E-state index in [-0.39, 0.29) is 47.6 Å². The molecule has 8 heteroatoms. The lowest BCUT2D eigenvalue weighted by Gasteiger charge is -2.46. The van der Waals surface area contributed by atoms with Gasteiger partial charge in [-0.2, -0.15) is 0 Å². The summed E-state index contributed by atoms with van der Waals surface area (Å²) in [5.41, 5.74) is -0.450. The van der Waals surface area contributed by atoms with Crippen molar-refractivity contribution in [3.63, 3.8) is 0 Å². The van der Waals surface area contributed by atoms with Crippen molar-refractivity contribution < 1.29 is 24.2 Å². The number of fused-ring (bicyclic) bond motifs is 2. The topological polar surface area (TPSA) is 87.2 Å². The Balaban J connectivity index is 1.86. The minimum atomic E-state index is -0.891. The second-order valence-electron chi connectivity index (χ2n) is 12.7. The minimum Gasteiger partial charge on any atom is -0.461 e. The SMILES string of the molecule is CC[C@H](C)[C@H](CO)N1C(=O)[C@@H]2[C@H]3C(=O)OCC=C[C@H]3S[C@@]23C=CCN(C(C)(C)CC(C)(C)C)C(=O)C13. The molecule has 7 atom stereocenters. The van der Waals surface area contributed by atoms with Crippen molar-refractivity contribution in [1.82, 2.24) is 9.80 Å². The van der Waals surface area contributed by atoms with E-state index in [1.54, 1.807) is 16.7 Å². The van der Waals surface area contributed by atoms with Crippen molar-refractivity contribution >= 4 is 29.5 Å². The van der Waals surface area contributed by atoms with Crippen LogP contribution in [0.4, 0.5) is 0 Å². The maximum absolute atomic E-state index is 14.6. The molecule has 36 heavy (non-hydrogen) atoms. The zero-order valence-electron chi connectivity index (χ0n) is 22.7. The summed E-state index contributed by atoms with van der Waals surface area (Å²) in [4.78, 5) is 45.6. The number of hydrogen-bond donors (Lipinski definition) is 1. The number of ether oxygens (including phenoxy) is 1. The Labute approximate surface area is 219 Å². The van der Waals surface area contributed by atoms with E-state index in [0.717, 1.165) is 12.8 Å². The number of esters is 1. The molecule has 4 aliphatic heterocycles. The molecule has 4 aliphatic rings. The lowest BCUT2D eigenvalue weighted by Crippen LogP contribution is -2.61. The molecule has 4 heterocycles. The van der Waals surface area contributed by atoms with Gasteiger partial charge in [0.05, 0.1) is 29.2 Å². The molecular formula is C28H42N2O5S. The monoisotopic (exact) mass is 518 g/mol. The van der Waals surface area contributed by atoms with Crippen LogP contribution in [0.15, 0.2) is 24.3 Å². The molecule has 0 aromatic rings. The first-order valence-electron chi connectivity index (χ1n) is 13.2. The van der Waals surface area contributed by atoms with Crippen LogP contribution in [-0.4, -0.2) is 80.1 Å². The average Bonchev–Trinajstić information content (AvgIpc) is 3.07. The van der Waals surface area contributed by atoms with E-state index in [9.17, 15) is 19.5 Å². The first-order valence-corrected chi connectivity index (χ1v) is 14.1. The molecule has 1 unspecified atom stereocenters. The normalized spacial score (nSPS) is 34.1. The average molecular weight is 519 g/mol. The number of cyclic esters (lactones) is 1. The van der Waals surface area contributed by atoms with Gasteiger partial charge in [-0.05, 0) is 31.6 Å². The van der Waals surface area contributed by atoms with Crippen molar-refractivity contribution in [3.05, 3.63) is 24.3 Å². The second kappa shape index (κ2) is 9.50. The number of nitrogens with zero attached hydrogens (tertiary/aromatic N) is 2. The van der Waals surface area contributed by atoms with Crippen molar-refractivity contribution in [1.29, 1.82) is 0 Å². The Bertz CT molecular complexity index is 969. The van der Waals surface area contributed by atoms with Gasteiger partial charge in [0.1, 0.15) is 12.6 Å². The van der Waals surface area contributed by atoms with Gasteiger partial charge < -0.3 is 19.6 Å². The maximum atomic E-state index is 14.6. The molecule has 0 aromatic carbocycles. The van der Waals surface area contributed by atoms with Gasteiger partial charge in [-0.25, -0.2) is 0 Å². The Kier molecular flexibility index (Phi) is 7.19. The molecule has 4 rings (SSSR count). The lowest BCUT2D eigenvalue weighted by atomic mass is 9.78. The van der Waals surface area contributed by atoms with Crippen LogP contribution >= 0.6 is 11.8 Å². The van der Waals surface area contributed by atoms with Crippen molar-refractivity contribution in [2.45, 2.75) is 88.9 Å². The van der Waals surface area contributed by atoms with Gasteiger partial charge in [-0.1, -0.05) is 65.3 Å². The fraction of sp³-hybridized carbons (Fsp3) is 0.750. The fourth-order valence-electron chi connectivity index (χ4n) is 7.02. The van der Waals surface area contributed by atoms with E-state index in [1.807, 2.05) is 43.1 Å². The number of hydrogen-bond acceptors (Lipinski definition) is 6. The summed E-state index contributed by atoms with van der Waals surface area (Å²) in [7, 11) is 0. The van der Waals surface area contributed by atoms with Crippen LogP contribution in [0.25, 0.3) is 0 Å². The molecule has 1 N–H and O–H groups in total. The summed E-state index contributed by atoms with van der Waals surface area (Å²) in [5, 5.41) is 10.2. The lowest BCUT2D eigenvalue weighted by molar-refractivity contribution is -0.153. The van der Waals surface area contributed by atoms with Crippen LogP contribution in [0.3, 0.4) is 0 Å². The molecule has 0 bridgehead atoms. The maximum Gasteiger partial charge on any atom is 0.311 e. The number of rotatable bonds is 6. The van der Waals surface area contributed by atoms with Gasteiger partial charge in [0, 0.05) is 17.3 Å².